The SMILES string of the molecule is CCCC1(C)CCCN(C(=NCCc2nnc3n2CCCCC3)NCC)C1. The Hall–Kier alpha value is -1.59. The van der Waals surface area contributed by atoms with Crippen molar-refractivity contribution in [1.29, 1.82) is 0 Å². The van der Waals surface area contributed by atoms with Crippen LogP contribution in [0.3, 0.4) is 0 Å². The predicted molar refractivity (Wildman–Crippen MR) is 111 cm³/mol. The molecule has 6 nitrogen and oxygen atoms in total. The number of guanidine groups is 1. The highest BCUT2D eigenvalue weighted by Crippen LogP contribution is 2.33. The van der Waals surface area contributed by atoms with E-state index in [-0.39, 0.29) is 0 Å². The Bertz CT molecular complexity index is 618. The fourth-order valence-electron chi connectivity index (χ4n) is 4.72. The number of nitrogens with one attached hydrogen (secondary N) is 1. The quantitative estimate of drug-likeness (QED) is 0.612. The minimum absolute atomic E-state index is 0.424. The second-order valence-corrected chi connectivity index (χ2v) is 8.57. The molecule has 1 aromatic rings. The van der Waals surface area contributed by atoms with Gasteiger partial charge in [0.1, 0.15) is 11.6 Å². The number of rotatable bonds is 6. The second kappa shape index (κ2) is 9.56. The number of likely N-dealkylation sites (tertiary alicyclic amines) is 1. The van der Waals surface area contributed by atoms with Crippen molar-refractivity contribution >= 4 is 5.96 Å². The van der Waals surface area contributed by atoms with Crippen molar-refractivity contribution in [2.75, 3.05) is 26.2 Å². The molecule has 0 bridgehead atoms. The molecule has 3 rings (SSSR count). The average Bonchev–Trinajstić information content (AvgIpc) is 2.87. The lowest BCUT2D eigenvalue weighted by Gasteiger charge is -2.42. The predicted octanol–water partition coefficient (Wildman–Crippen LogP) is 3.41. The summed E-state index contributed by atoms with van der Waals surface area (Å²) in [5.74, 6) is 3.36. The number of aryl methyl sites for hydroxylation is 1. The molecule has 1 unspecified atom stereocenters. The van der Waals surface area contributed by atoms with Crippen molar-refractivity contribution in [1.82, 2.24) is 25.0 Å². The first-order chi connectivity index (χ1) is 13.1. The van der Waals surface area contributed by atoms with Gasteiger partial charge in [0.05, 0.1) is 0 Å². The number of aliphatic imine (C=N–C) groups is 1. The van der Waals surface area contributed by atoms with E-state index in [1.54, 1.807) is 0 Å². The van der Waals surface area contributed by atoms with Gasteiger partial charge in [0.2, 0.25) is 0 Å². The minimum atomic E-state index is 0.424. The summed E-state index contributed by atoms with van der Waals surface area (Å²) in [4.78, 5) is 7.44. The first-order valence-corrected chi connectivity index (χ1v) is 11.1. The Morgan fingerprint density at radius 1 is 1.15 bits per heavy atom. The Kier molecular flexibility index (Phi) is 7.13. The van der Waals surface area contributed by atoms with Gasteiger partial charge in [-0.05, 0) is 44.4 Å². The number of nitrogens with zero attached hydrogens (tertiary/aromatic N) is 5. The van der Waals surface area contributed by atoms with Crippen LogP contribution in [0.15, 0.2) is 4.99 Å². The van der Waals surface area contributed by atoms with Crippen LogP contribution in [0.25, 0.3) is 0 Å². The smallest absolute Gasteiger partial charge is 0.193 e. The summed E-state index contributed by atoms with van der Waals surface area (Å²) in [7, 11) is 0. The number of aromatic nitrogens is 3. The molecule has 1 fully saturated rings. The van der Waals surface area contributed by atoms with Gasteiger partial charge in [-0.2, -0.15) is 0 Å². The molecule has 2 aliphatic rings. The van der Waals surface area contributed by atoms with Crippen LogP contribution < -0.4 is 5.32 Å². The maximum absolute atomic E-state index is 4.96. The lowest BCUT2D eigenvalue weighted by Crippen LogP contribution is -2.49. The first kappa shape index (κ1) is 20.2. The van der Waals surface area contributed by atoms with Crippen LogP contribution >= 0.6 is 0 Å². The van der Waals surface area contributed by atoms with Crippen LogP contribution in [-0.4, -0.2) is 51.8 Å². The third-order valence-corrected chi connectivity index (χ3v) is 6.05. The topological polar surface area (TPSA) is 58.3 Å². The highest BCUT2D eigenvalue weighted by Gasteiger charge is 2.31. The summed E-state index contributed by atoms with van der Waals surface area (Å²) in [6.45, 7) is 11.9. The Morgan fingerprint density at radius 3 is 2.85 bits per heavy atom. The fourth-order valence-corrected chi connectivity index (χ4v) is 4.72. The van der Waals surface area contributed by atoms with E-state index in [4.69, 9.17) is 4.99 Å². The van der Waals surface area contributed by atoms with Gasteiger partial charge in [0.15, 0.2) is 5.96 Å². The standard InChI is InChI=1S/C21H38N6/c1-4-12-21(3)13-9-15-26(17-21)20(22-5-2)23-14-11-19-25-24-18-10-7-6-8-16-27(18)19/h4-17H2,1-3H3,(H,22,23). The number of fused-ring (bicyclic) bond motifs is 1. The number of hydrogen-bond donors (Lipinski definition) is 1. The zero-order chi connectivity index (χ0) is 19.1. The van der Waals surface area contributed by atoms with Crippen LogP contribution in [0, 0.1) is 5.41 Å². The lowest BCUT2D eigenvalue weighted by atomic mass is 9.78. The first-order valence-electron chi connectivity index (χ1n) is 11.1. The van der Waals surface area contributed by atoms with Gasteiger partial charge in [-0.3, -0.25) is 4.99 Å². The monoisotopic (exact) mass is 374 g/mol. The third kappa shape index (κ3) is 5.23. The van der Waals surface area contributed by atoms with Crippen LogP contribution in [-0.2, 0) is 19.4 Å². The molecule has 0 spiro atoms. The van der Waals surface area contributed by atoms with E-state index in [1.165, 1.54) is 50.8 Å². The van der Waals surface area contributed by atoms with Crippen molar-refractivity contribution in [3.63, 3.8) is 0 Å². The molecular formula is C21H38N6. The van der Waals surface area contributed by atoms with Gasteiger partial charge >= 0.3 is 0 Å². The van der Waals surface area contributed by atoms with Gasteiger partial charge in [-0.15, -0.1) is 10.2 Å². The molecule has 6 heteroatoms. The summed E-state index contributed by atoms with van der Waals surface area (Å²) in [6.07, 6.45) is 10.9. The van der Waals surface area contributed by atoms with E-state index in [9.17, 15) is 0 Å². The van der Waals surface area contributed by atoms with Crippen molar-refractivity contribution < 1.29 is 0 Å². The fraction of sp³-hybridized carbons (Fsp3) is 0.857. The second-order valence-electron chi connectivity index (χ2n) is 8.57. The van der Waals surface area contributed by atoms with E-state index in [0.717, 1.165) is 57.3 Å². The van der Waals surface area contributed by atoms with Crippen LogP contribution in [0.5, 0.6) is 0 Å². The van der Waals surface area contributed by atoms with Gasteiger partial charge in [-0.1, -0.05) is 26.7 Å². The summed E-state index contributed by atoms with van der Waals surface area (Å²) < 4.78 is 2.34. The average molecular weight is 375 g/mol. The van der Waals surface area contributed by atoms with Gasteiger partial charge in [-0.25, -0.2) is 0 Å². The van der Waals surface area contributed by atoms with E-state index in [2.05, 4.69) is 45.8 Å². The van der Waals surface area contributed by atoms with Gasteiger partial charge in [0.25, 0.3) is 0 Å². The summed E-state index contributed by atoms with van der Waals surface area (Å²) in [6, 6.07) is 0. The number of hydrogen-bond acceptors (Lipinski definition) is 3. The Labute approximate surface area is 164 Å². The summed E-state index contributed by atoms with van der Waals surface area (Å²) >= 11 is 0. The van der Waals surface area contributed by atoms with Crippen LogP contribution in [0.1, 0.15) is 77.4 Å². The van der Waals surface area contributed by atoms with E-state index >= 15 is 0 Å². The van der Waals surface area contributed by atoms with Gasteiger partial charge < -0.3 is 14.8 Å². The molecule has 3 heterocycles. The molecule has 0 aromatic carbocycles. The van der Waals surface area contributed by atoms with Crippen LogP contribution in [0.2, 0.25) is 0 Å². The molecule has 2 aliphatic heterocycles. The zero-order valence-corrected chi connectivity index (χ0v) is 17.6. The minimum Gasteiger partial charge on any atom is -0.357 e. The van der Waals surface area contributed by atoms with E-state index in [0.29, 0.717) is 5.41 Å². The highest BCUT2D eigenvalue weighted by molar-refractivity contribution is 5.80. The molecule has 0 radical (unpaired) electrons. The van der Waals surface area contributed by atoms with Crippen LogP contribution in [0.4, 0.5) is 0 Å². The third-order valence-electron chi connectivity index (χ3n) is 6.05. The highest BCUT2D eigenvalue weighted by atomic mass is 15.3. The molecule has 1 atom stereocenters. The van der Waals surface area contributed by atoms with Crippen molar-refractivity contribution in [2.45, 2.75) is 85.1 Å². The Morgan fingerprint density at radius 2 is 2.04 bits per heavy atom. The molecule has 27 heavy (non-hydrogen) atoms. The largest absolute Gasteiger partial charge is 0.357 e. The van der Waals surface area contributed by atoms with Crippen molar-refractivity contribution in [3.05, 3.63) is 11.6 Å². The molecule has 152 valence electrons. The summed E-state index contributed by atoms with van der Waals surface area (Å²) in [5, 5.41) is 12.4. The van der Waals surface area contributed by atoms with Crippen molar-refractivity contribution in [2.24, 2.45) is 10.4 Å². The molecule has 1 aromatic heterocycles. The van der Waals surface area contributed by atoms with E-state index < -0.39 is 0 Å². The van der Waals surface area contributed by atoms with Crippen molar-refractivity contribution in [3.8, 4) is 0 Å². The zero-order valence-electron chi connectivity index (χ0n) is 17.6. The summed E-state index contributed by atoms with van der Waals surface area (Å²) in [5.41, 5.74) is 0.424. The molecular weight excluding hydrogens is 336 g/mol. The molecule has 1 N–H and O–H groups in total. The van der Waals surface area contributed by atoms with E-state index in [1.807, 2.05) is 0 Å². The molecule has 0 amide bonds. The molecule has 1 saturated heterocycles. The lowest BCUT2D eigenvalue weighted by molar-refractivity contribution is 0.142. The number of piperidine rings is 1. The molecule has 0 aliphatic carbocycles. The maximum atomic E-state index is 4.96. The maximum Gasteiger partial charge on any atom is 0.193 e. The Balaban J connectivity index is 1.63. The normalized spacial score (nSPS) is 23.8. The van der Waals surface area contributed by atoms with Gasteiger partial charge in [0, 0.05) is 45.6 Å². The molecule has 0 saturated carbocycles.